The van der Waals surface area contributed by atoms with E-state index in [2.05, 4.69) is 154 Å². The molecule has 0 spiro atoms. The van der Waals surface area contributed by atoms with Crippen LogP contribution >= 0.6 is 66.1 Å². The quantitative estimate of drug-likeness (QED) is 0.0799. The van der Waals surface area contributed by atoms with Crippen molar-refractivity contribution in [1.29, 1.82) is 26.3 Å². The molecule has 8 aliphatic rings. The summed E-state index contributed by atoms with van der Waals surface area (Å²) in [4.78, 5) is 64.7. The Bertz CT molecular complexity index is 5710. The molecule has 5 aromatic heterocycles. The van der Waals surface area contributed by atoms with Crippen molar-refractivity contribution < 1.29 is 71.2 Å². The van der Waals surface area contributed by atoms with Gasteiger partial charge in [0.15, 0.2) is 0 Å². The number of halogens is 4. The van der Waals surface area contributed by atoms with Crippen molar-refractivity contribution >= 4 is 118 Å². The molecule has 0 bridgehead atoms. The molecule has 9 aromatic rings. The third-order valence-corrected chi connectivity index (χ3v) is 23.5. The molecule has 3 atom stereocenters. The number of rotatable bonds is 13. The van der Waals surface area contributed by atoms with E-state index < -0.39 is 11.2 Å². The van der Waals surface area contributed by atoms with Gasteiger partial charge in [-0.2, -0.15) is 26.3 Å². The van der Waals surface area contributed by atoms with E-state index in [1.165, 1.54) is 58.7 Å². The first kappa shape index (κ1) is 104. The van der Waals surface area contributed by atoms with Crippen LogP contribution in [0.25, 0.3) is 0 Å². The topological polar surface area (TPSA) is 400 Å². The number of pyridine rings is 5. The number of aryl methyl sites for hydroxylation is 1. The average molecular weight is 2090 g/mol. The second kappa shape index (κ2) is 51.3. The summed E-state index contributed by atoms with van der Waals surface area (Å²) < 4.78 is 66.7. The number of fused-ring (bicyclic) bond motifs is 4. The number of nitrogens with two attached hydrogens (primary N) is 1. The van der Waals surface area contributed by atoms with Crippen LogP contribution in [0.3, 0.4) is 0 Å². The third kappa shape index (κ3) is 30.6. The van der Waals surface area contributed by atoms with Crippen molar-refractivity contribution in [3.05, 3.63) is 197 Å². The van der Waals surface area contributed by atoms with Crippen molar-refractivity contribution in [3.8, 4) is 82.7 Å². The van der Waals surface area contributed by atoms with E-state index in [1.54, 1.807) is 71.1 Å². The van der Waals surface area contributed by atoms with Gasteiger partial charge in [-0.25, -0.2) is 34.5 Å². The van der Waals surface area contributed by atoms with Crippen LogP contribution in [0, 0.1) is 78.0 Å². The summed E-state index contributed by atoms with van der Waals surface area (Å²) >= 11 is 14.3. The Morgan fingerprint density at radius 3 is 1.35 bits per heavy atom. The summed E-state index contributed by atoms with van der Waals surface area (Å²) in [5.41, 5.74) is 16.3. The Morgan fingerprint density at radius 2 is 0.918 bits per heavy atom. The van der Waals surface area contributed by atoms with E-state index in [0.717, 1.165) is 154 Å². The molecule has 2 amide bonds. The number of anilines is 6. The molecule has 0 saturated carbocycles. The van der Waals surface area contributed by atoms with Crippen molar-refractivity contribution in [2.24, 2.45) is 23.5 Å². The smallest absolute Gasteiger partial charge is 0.410 e. The zero-order chi connectivity index (χ0) is 96.4. The molecule has 3 N–H and O–H groups in total. The Morgan fingerprint density at radius 1 is 0.493 bits per heavy atom. The van der Waals surface area contributed by atoms with Gasteiger partial charge < -0.3 is 92.4 Å². The molecule has 0 aliphatic carbocycles. The number of carbonyl (C=O) groups is 3. The highest BCUT2D eigenvalue weighted by Gasteiger charge is 2.33. The van der Waals surface area contributed by atoms with Crippen LogP contribution in [0.2, 0.25) is 0 Å². The highest BCUT2D eigenvalue weighted by Crippen LogP contribution is 2.43. The van der Waals surface area contributed by atoms with E-state index in [9.17, 15) is 30.2 Å². The summed E-state index contributed by atoms with van der Waals surface area (Å²) in [7, 11) is 7.52. The van der Waals surface area contributed by atoms with Crippen LogP contribution in [-0.2, 0) is 38.3 Å². The third-order valence-electron chi connectivity index (χ3n) is 21.6. The molecule has 2 unspecified atom stereocenters. The highest BCUT2D eigenvalue weighted by atomic mass is 127. The standard InChI is InChI=1S/C25H30N4O4.C20H22N4O2.C15H12BrN3O2.C9H9BrO.C9H18N2O2.C7H5IN2O.C7H6N2O.C6H9ClO2/c1-25(2,3)33-24(30)28-8-7-18(16-28)11-17-5-6-22-21(12-17)29(9-10-32-22)20-13-19(14-26)23(31-4)27-15-20;1-25-20-16(11-21)10-17(13-23-20)24-6-7-26-19-3-2-14(9-18(19)24)8-15-4-5-22-12-15;1-20-15-10(8-17)6-12(9-18-15)19-4-5-21-14-3-2-11(16)7-13(14)19;10-8-3-4-9-7(6-8)2-1-5-11-9;1-9(2,3)13-8(12)11-5-4-7(10)6-11;1-11-7-5(3-9)2-6(8)4-10-7;1-10-7-6(5-8)3-2-4-9-7;7-6(8)5-1-3-9-4-2-5/h5-6,12-13,15,18H,7-11,16H2,1-4H3;2-3,9-10,13,15,22H,4-8,12H2,1H3;2-3,6-7,9H,4-5H2,1H3;3-4,6H,1-2,5H2;7H,4-6,10H2,1-3H3;2,4H,1H3;2-4H,1H3;5H,1-4H2/t;;;;7-;;;/m....0.../s1. The Balaban J connectivity index is 0.000000166. The molecule has 8 aliphatic heterocycles. The maximum Gasteiger partial charge on any atom is 0.410 e. The second-order valence-corrected chi connectivity index (χ2v) is 37.0. The minimum Gasteiger partial charge on any atom is -0.493 e. The molecule has 13 heterocycles. The van der Waals surface area contributed by atoms with Crippen molar-refractivity contribution in [1.82, 2.24) is 40.0 Å². The Labute approximate surface area is 818 Å². The molecule has 36 heteroatoms. The number of nitriles is 5. The lowest BCUT2D eigenvalue weighted by molar-refractivity contribution is -0.117. The fourth-order valence-electron chi connectivity index (χ4n) is 15.2. The fourth-order valence-corrected chi connectivity index (χ4v) is 16.6. The SMILES string of the molecule is Brc1ccc2c(c1)CCCO2.CC(C)(C)OC(=O)N1CC[C@H](N)C1.COc1ncc(I)cc1C#N.COc1ncc(N2CCOc3ccc(Br)cc32)cc1C#N.COc1ncc(N2CCOc3ccc(CC4CCN(C(=O)OC(C)(C)C)C4)cc32)cc1C#N.COc1ncc(N2CCOc3ccc(CC4CCNC4)cc32)cc1C#N.COc1ncccc1C#N.O=C(Cl)C1CCOCC1. The molecule has 17 rings (SSSR count). The number of nitrogens with zero attached hydrogens (tertiary/aromatic N) is 15. The molecule has 706 valence electrons. The molecular formula is C98H111Br2ClIN17O15. The molecule has 32 nitrogen and oxygen atoms in total. The average Bonchev–Trinajstić information content (AvgIpc) is 0.887. The Hall–Kier alpha value is -12.3. The van der Waals surface area contributed by atoms with E-state index in [0.29, 0.717) is 135 Å². The maximum absolute atomic E-state index is 12.4. The van der Waals surface area contributed by atoms with Gasteiger partial charge in [0, 0.05) is 76.3 Å². The normalized spacial score (nSPS) is 16.4. The van der Waals surface area contributed by atoms with Crippen LogP contribution < -0.4 is 68.4 Å². The van der Waals surface area contributed by atoms with Crippen LogP contribution in [0.15, 0.2) is 149 Å². The van der Waals surface area contributed by atoms with Crippen LogP contribution in [0.4, 0.5) is 43.7 Å². The van der Waals surface area contributed by atoms with Gasteiger partial charge in [-0.05, 0) is 272 Å². The number of aromatic nitrogens is 5. The van der Waals surface area contributed by atoms with Crippen molar-refractivity contribution in [3.63, 3.8) is 0 Å². The predicted octanol–water partition coefficient (Wildman–Crippen LogP) is 17.6. The molecule has 134 heavy (non-hydrogen) atoms. The number of likely N-dealkylation sites (tertiary alicyclic amines) is 2. The van der Waals surface area contributed by atoms with Crippen LogP contribution in [0.5, 0.6) is 52.4 Å². The summed E-state index contributed by atoms with van der Waals surface area (Å²) in [6, 6.07) is 45.7. The van der Waals surface area contributed by atoms with Crippen LogP contribution in [-0.4, -0.2) is 203 Å². The first-order valence-corrected chi connectivity index (χ1v) is 46.7. The number of benzene rings is 4. The summed E-state index contributed by atoms with van der Waals surface area (Å²) in [6.45, 7) is 22.2. The molecule has 4 fully saturated rings. The second-order valence-electron chi connectivity index (χ2n) is 33.5. The lowest BCUT2D eigenvalue weighted by Gasteiger charge is -2.31. The van der Waals surface area contributed by atoms with Gasteiger partial charge in [-0.1, -0.05) is 44.0 Å². The number of carbonyl (C=O) groups excluding carboxylic acids is 3. The molecular weight excluding hydrogens is 1980 g/mol. The lowest BCUT2D eigenvalue weighted by atomic mass is 9.97. The molecule has 4 aromatic carbocycles. The zero-order valence-corrected chi connectivity index (χ0v) is 83.1. The van der Waals surface area contributed by atoms with Crippen molar-refractivity contribution in [2.45, 2.75) is 117 Å². The van der Waals surface area contributed by atoms with Gasteiger partial charge in [0.25, 0.3) is 0 Å². The number of amides is 2. The largest absolute Gasteiger partial charge is 0.493 e. The van der Waals surface area contributed by atoms with Gasteiger partial charge in [0.1, 0.15) is 112 Å². The summed E-state index contributed by atoms with van der Waals surface area (Å²) in [5.74, 6) is 6.45. The van der Waals surface area contributed by atoms with Gasteiger partial charge in [0.2, 0.25) is 34.6 Å². The molecule has 0 radical (unpaired) electrons. The van der Waals surface area contributed by atoms with Crippen LogP contribution in [0.1, 0.15) is 125 Å². The number of methoxy groups -OCH3 is 5. The van der Waals surface area contributed by atoms with E-state index in [-0.39, 0.29) is 29.4 Å². The Kier molecular flexibility index (Phi) is 39.7. The zero-order valence-electron chi connectivity index (χ0n) is 77.0. The van der Waals surface area contributed by atoms with Gasteiger partial charge >= 0.3 is 12.2 Å². The monoisotopic (exact) mass is 2090 g/mol. The van der Waals surface area contributed by atoms with E-state index in [4.69, 9.17) is 84.7 Å². The number of nitrogens with one attached hydrogen (secondary N) is 1. The highest BCUT2D eigenvalue weighted by molar-refractivity contribution is 14.1. The first-order valence-electron chi connectivity index (χ1n) is 43.7. The number of ether oxygens (including phenoxy) is 12. The molecule has 4 saturated heterocycles. The summed E-state index contributed by atoms with van der Waals surface area (Å²) in [6.07, 6.45) is 16.8. The predicted molar refractivity (Wildman–Crippen MR) is 522 cm³/mol. The van der Waals surface area contributed by atoms with Crippen molar-refractivity contribution in [2.75, 3.05) is 149 Å². The fraction of sp³-hybridized carbons (Fsp3) is 0.418. The van der Waals surface area contributed by atoms with E-state index in [1.807, 2.05) is 96.1 Å². The van der Waals surface area contributed by atoms with Gasteiger partial charge in [-0.15, -0.1) is 0 Å². The lowest BCUT2D eigenvalue weighted by Crippen LogP contribution is -2.36. The minimum absolute atomic E-state index is 0.0559. The van der Waals surface area contributed by atoms with Gasteiger partial charge in [0.05, 0.1) is 115 Å². The maximum atomic E-state index is 12.4. The number of hydrogen-bond acceptors (Lipinski definition) is 30. The van der Waals surface area contributed by atoms with Gasteiger partial charge in [-0.3, -0.25) is 4.79 Å². The minimum atomic E-state index is -0.487. The number of hydrogen-bond donors (Lipinski definition) is 2. The summed E-state index contributed by atoms with van der Waals surface area (Å²) in [5, 5.41) is 48.3. The first-order chi connectivity index (χ1) is 64.5. The van der Waals surface area contributed by atoms with E-state index >= 15 is 0 Å².